The van der Waals surface area contributed by atoms with Gasteiger partial charge in [-0.1, -0.05) is 0 Å². The molecule has 1 unspecified atom stereocenters. The maximum Gasteiger partial charge on any atom is 0.457 e. The van der Waals surface area contributed by atoms with E-state index in [1.165, 1.54) is 0 Å². The van der Waals surface area contributed by atoms with Gasteiger partial charge in [-0.2, -0.15) is 0 Å². The van der Waals surface area contributed by atoms with Crippen molar-refractivity contribution in [2.45, 2.75) is 96.5 Å². The molecule has 0 saturated carbocycles. The van der Waals surface area contributed by atoms with E-state index >= 15 is 0 Å². The topological polar surface area (TPSA) is 68.2 Å². The summed E-state index contributed by atoms with van der Waals surface area (Å²) in [4.78, 5) is 13.9. The van der Waals surface area contributed by atoms with Gasteiger partial charge in [0.1, 0.15) is 5.60 Å². The molecule has 25 heavy (non-hydrogen) atoms. The van der Waals surface area contributed by atoms with Crippen LogP contribution in [-0.4, -0.2) is 58.7 Å². The van der Waals surface area contributed by atoms with Gasteiger partial charge in [-0.3, -0.25) is 0 Å². The lowest BCUT2D eigenvalue weighted by atomic mass is 9.76. The third-order valence-electron chi connectivity index (χ3n) is 5.35. The van der Waals surface area contributed by atoms with E-state index < -0.39 is 11.2 Å². The highest BCUT2D eigenvalue weighted by Gasteiger charge is 2.51. The number of hydrogen-bond acceptors (Lipinski definition) is 5. The zero-order valence-corrected chi connectivity index (χ0v) is 16.8. The highest BCUT2D eigenvalue weighted by Crippen LogP contribution is 2.39. The zero-order valence-electron chi connectivity index (χ0n) is 16.8. The second kappa shape index (κ2) is 6.74. The average molecular weight is 355 g/mol. The van der Waals surface area contributed by atoms with E-state index in [2.05, 4.69) is 0 Å². The van der Waals surface area contributed by atoms with Crippen molar-refractivity contribution in [3.05, 3.63) is 0 Å². The second-order valence-corrected chi connectivity index (χ2v) is 9.45. The Morgan fingerprint density at radius 2 is 1.76 bits per heavy atom. The summed E-state index contributed by atoms with van der Waals surface area (Å²) in [6, 6.07) is 0. The van der Waals surface area contributed by atoms with Gasteiger partial charge in [-0.05, 0) is 74.0 Å². The molecule has 2 rings (SSSR count). The Labute approximate surface area is 152 Å². The first-order valence-corrected chi connectivity index (χ1v) is 9.29. The van der Waals surface area contributed by atoms with E-state index in [9.17, 15) is 9.90 Å². The van der Waals surface area contributed by atoms with Crippen molar-refractivity contribution in [3.8, 4) is 0 Å². The summed E-state index contributed by atoms with van der Waals surface area (Å²) < 4.78 is 17.4. The molecule has 0 aliphatic carbocycles. The van der Waals surface area contributed by atoms with Gasteiger partial charge >= 0.3 is 13.2 Å². The molecule has 2 saturated heterocycles. The van der Waals surface area contributed by atoms with Crippen molar-refractivity contribution in [1.29, 1.82) is 0 Å². The molecule has 0 spiro atoms. The largest absolute Gasteiger partial charge is 0.457 e. The van der Waals surface area contributed by atoms with Crippen LogP contribution in [0.4, 0.5) is 4.79 Å². The smallest absolute Gasteiger partial charge is 0.444 e. The molecular weight excluding hydrogens is 321 g/mol. The number of likely N-dealkylation sites (tertiary alicyclic amines) is 1. The monoisotopic (exact) mass is 355 g/mol. The summed E-state index contributed by atoms with van der Waals surface area (Å²) in [7, 11) is -0.328. The molecule has 0 aromatic heterocycles. The van der Waals surface area contributed by atoms with Crippen LogP contribution >= 0.6 is 0 Å². The molecule has 2 aliphatic heterocycles. The molecule has 0 bridgehead atoms. The third kappa shape index (κ3) is 5.11. The fraction of sp³-hybridized carbons (Fsp3) is 0.944. The number of rotatable bonds is 3. The minimum absolute atomic E-state index is 0.293. The predicted molar refractivity (Wildman–Crippen MR) is 97.5 cm³/mol. The SMILES string of the molecule is CC(C)(C)OC(=O)N1CCCC(O)(CCB2OC(C)(C)C(C)(C)O2)C1. The number of amides is 1. The maximum absolute atomic E-state index is 12.3. The first-order valence-electron chi connectivity index (χ1n) is 9.29. The zero-order chi connectivity index (χ0) is 19.1. The van der Waals surface area contributed by atoms with Gasteiger partial charge in [0, 0.05) is 6.54 Å². The summed E-state index contributed by atoms with van der Waals surface area (Å²) in [6.45, 7) is 14.5. The minimum Gasteiger partial charge on any atom is -0.444 e. The first-order chi connectivity index (χ1) is 11.2. The normalized spacial score (nSPS) is 29.0. The van der Waals surface area contributed by atoms with Crippen molar-refractivity contribution in [3.63, 3.8) is 0 Å². The van der Waals surface area contributed by atoms with Crippen LogP contribution in [-0.2, 0) is 14.0 Å². The van der Waals surface area contributed by atoms with Gasteiger partial charge in [-0.15, -0.1) is 0 Å². The lowest BCUT2D eigenvalue weighted by Gasteiger charge is -2.39. The van der Waals surface area contributed by atoms with E-state index in [1.807, 2.05) is 48.5 Å². The lowest BCUT2D eigenvalue weighted by Crippen LogP contribution is -2.51. The number of aliphatic hydroxyl groups is 1. The average Bonchev–Trinajstić information content (AvgIpc) is 2.63. The number of nitrogens with zero attached hydrogens (tertiary/aromatic N) is 1. The second-order valence-electron chi connectivity index (χ2n) is 9.45. The quantitative estimate of drug-likeness (QED) is 0.788. The standard InChI is InChI=1S/C18H34BNO5/c1-15(2,3)23-14(21)20-12-8-9-18(22,13-20)10-11-19-24-16(4,5)17(6,7)25-19/h22H,8-13H2,1-7H3. The molecular formula is C18H34BNO5. The fourth-order valence-corrected chi connectivity index (χ4v) is 3.27. The Bertz CT molecular complexity index is 486. The first kappa shape index (κ1) is 20.5. The van der Waals surface area contributed by atoms with Gasteiger partial charge in [0.2, 0.25) is 0 Å². The molecule has 2 heterocycles. The molecule has 0 aromatic carbocycles. The van der Waals surface area contributed by atoms with Crippen molar-refractivity contribution in [2.75, 3.05) is 13.1 Å². The van der Waals surface area contributed by atoms with Crippen LogP contribution in [0, 0.1) is 0 Å². The summed E-state index contributed by atoms with van der Waals surface area (Å²) >= 11 is 0. The van der Waals surface area contributed by atoms with Gasteiger partial charge in [0.25, 0.3) is 0 Å². The number of β-amino-alcohol motifs (C(OH)–C–C–N with tert-alkyl or cyclic N) is 1. The van der Waals surface area contributed by atoms with Crippen molar-refractivity contribution >= 4 is 13.2 Å². The number of hydrogen-bond donors (Lipinski definition) is 1. The van der Waals surface area contributed by atoms with E-state index in [4.69, 9.17) is 14.0 Å². The molecule has 144 valence electrons. The van der Waals surface area contributed by atoms with Gasteiger partial charge in [-0.25, -0.2) is 4.79 Å². The number of carbonyl (C=O) groups excluding carboxylic acids is 1. The Morgan fingerprint density at radius 1 is 1.20 bits per heavy atom. The Morgan fingerprint density at radius 3 is 2.28 bits per heavy atom. The lowest BCUT2D eigenvalue weighted by molar-refractivity contribution is -0.0453. The van der Waals surface area contributed by atoms with Crippen LogP contribution in [0.3, 0.4) is 0 Å². The number of piperidine rings is 1. The van der Waals surface area contributed by atoms with E-state index in [1.54, 1.807) is 4.90 Å². The van der Waals surface area contributed by atoms with Gasteiger partial charge in [0.05, 0.1) is 23.3 Å². The highest BCUT2D eigenvalue weighted by molar-refractivity contribution is 6.45. The van der Waals surface area contributed by atoms with E-state index in [0.29, 0.717) is 32.3 Å². The van der Waals surface area contributed by atoms with Crippen molar-refractivity contribution in [2.24, 2.45) is 0 Å². The van der Waals surface area contributed by atoms with Crippen LogP contribution in [0.1, 0.15) is 67.7 Å². The molecule has 1 N–H and O–H groups in total. The Hall–Kier alpha value is -0.785. The van der Waals surface area contributed by atoms with E-state index in [0.717, 1.165) is 6.42 Å². The Balaban J connectivity index is 1.90. The highest BCUT2D eigenvalue weighted by atomic mass is 16.7. The summed E-state index contributed by atoms with van der Waals surface area (Å²) in [6.07, 6.45) is 2.21. The number of ether oxygens (including phenoxy) is 1. The Kier molecular flexibility index (Phi) is 5.54. The van der Waals surface area contributed by atoms with Gasteiger partial charge < -0.3 is 24.1 Å². The molecule has 1 amide bonds. The molecule has 1 atom stereocenters. The fourth-order valence-electron chi connectivity index (χ4n) is 3.27. The third-order valence-corrected chi connectivity index (χ3v) is 5.35. The van der Waals surface area contributed by atoms with Crippen LogP contribution in [0.5, 0.6) is 0 Å². The molecule has 2 fully saturated rings. The molecule has 6 nitrogen and oxygen atoms in total. The van der Waals surface area contributed by atoms with Crippen LogP contribution in [0.2, 0.25) is 6.32 Å². The molecule has 0 radical (unpaired) electrons. The minimum atomic E-state index is -0.918. The van der Waals surface area contributed by atoms with Crippen LogP contribution in [0.15, 0.2) is 0 Å². The van der Waals surface area contributed by atoms with Crippen LogP contribution < -0.4 is 0 Å². The molecule has 7 heteroatoms. The van der Waals surface area contributed by atoms with Crippen LogP contribution in [0.25, 0.3) is 0 Å². The molecule has 2 aliphatic rings. The van der Waals surface area contributed by atoms with E-state index in [-0.39, 0.29) is 24.4 Å². The van der Waals surface area contributed by atoms with Gasteiger partial charge in [0.15, 0.2) is 0 Å². The van der Waals surface area contributed by atoms with Crippen molar-refractivity contribution < 1.29 is 23.9 Å². The summed E-state index contributed by atoms with van der Waals surface area (Å²) in [5, 5.41) is 10.9. The predicted octanol–water partition coefficient (Wildman–Crippen LogP) is 3.23. The van der Waals surface area contributed by atoms with Crippen molar-refractivity contribution in [1.82, 2.24) is 4.90 Å². The maximum atomic E-state index is 12.3. The summed E-state index contributed by atoms with van der Waals surface area (Å²) in [5.74, 6) is 0. The molecule has 0 aromatic rings. The number of carbonyl (C=O) groups is 1. The summed E-state index contributed by atoms with van der Waals surface area (Å²) in [5.41, 5.74) is -2.18.